The van der Waals surface area contributed by atoms with Crippen molar-refractivity contribution in [1.82, 2.24) is 16.0 Å². The molecule has 0 saturated carbocycles. The summed E-state index contributed by atoms with van der Waals surface area (Å²) in [6.45, 7) is 5.76. The van der Waals surface area contributed by atoms with Gasteiger partial charge in [0.1, 0.15) is 19.3 Å². The maximum Gasteiger partial charge on any atom is 0.408 e. The molecule has 214 valence electrons. The highest BCUT2D eigenvalue weighted by Crippen LogP contribution is 2.06. The van der Waals surface area contributed by atoms with E-state index < -0.39 is 24.5 Å². The first kappa shape index (κ1) is 31.6. The minimum Gasteiger partial charge on any atom is -0.445 e. The summed E-state index contributed by atoms with van der Waals surface area (Å²) in [6.07, 6.45) is 0.437. The zero-order valence-corrected chi connectivity index (χ0v) is 22.9. The van der Waals surface area contributed by atoms with Gasteiger partial charge in [0.25, 0.3) is 0 Å². The summed E-state index contributed by atoms with van der Waals surface area (Å²) in [5.74, 6) is -0.325. The van der Waals surface area contributed by atoms with Crippen LogP contribution in [-0.2, 0) is 37.0 Å². The lowest BCUT2D eigenvalue weighted by Crippen LogP contribution is -2.47. The zero-order chi connectivity index (χ0) is 28.1. The molecule has 0 aliphatic carbocycles. The predicted octanol–water partition coefficient (Wildman–Crippen LogP) is 4.28. The molecule has 3 amide bonds. The number of benzene rings is 2. The molecule has 10 nitrogen and oxygen atoms in total. The topological polar surface area (TPSA) is 124 Å². The van der Waals surface area contributed by atoms with Crippen LogP contribution in [0.25, 0.3) is 0 Å². The van der Waals surface area contributed by atoms with Crippen molar-refractivity contribution in [3.8, 4) is 0 Å². The smallest absolute Gasteiger partial charge is 0.408 e. The number of carbonyl (C=O) groups excluding carboxylic acids is 3. The van der Waals surface area contributed by atoms with Crippen molar-refractivity contribution in [3.05, 3.63) is 71.8 Å². The number of carbonyl (C=O) groups is 3. The lowest BCUT2D eigenvalue weighted by Gasteiger charge is -2.20. The Morgan fingerprint density at radius 1 is 0.692 bits per heavy atom. The number of unbranched alkanes of at least 4 members (excludes halogenated alkanes) is 1. The Balaban J connectivity index is 1.78. The highest BCUT2D eigenvalue weighted by Gasteiger charge is 2.21. The van der Waals surface area contributed by atoms with Gasteiger partial charge in [-0.2, -0.15) is 0 Å². The van der Waals surface area contributed by atoms with Crippen LogP contribution in [-0.4, -0.2) is 56.7 Å². The maximum atomic E-state index is 12.9. The lowest BCUT2D eigenvalue weighted by molar-refractivity contribution is -0.140. The lowest BCUT2D eigenvalue weighted by atomic mass is 10.1. The molecular formula is C29H41N3O7. The second-order valence-corrected chi connectivity index (χ2v) is 8.66. The number of hydrogen-bond acceptors (Lipinski definition) is 7. The molecule has 0 unspecified atom stereocenters. The van der Waals surface area contributed by atoms with Crippen LogP contribution in [0.2, 0.25) is 0 Å². The molecule has 2 aromatic carbocycles. The fourth-order valence-corrected chi connectivity index (χ4v) is 3.64. The van der Waals surface area contributed by atoms with Gasteiger partial charge in [0.2, 0.25) is 5.91 Å². The van der Waals surface area contributed by atoms with Crippen LogP contribution in [0.1, 0.15) is 50.7 Å². The molecule has 2 rings (SSSR count). The molecular weight excluding hydrogens is 502 g/mol. The summed E-state index contributed by atoms with van der Waals surface area (Å²) in [5, 5.41) is 8.21. The molecule has 0 heterocycles. The Labute approximate surface area is 230 Å². The van der Waals surface area contributed by atoms with Crippen molar-refractivity contribution < 1.29 is 33.3 Å². The molecule has 0 aromatic heterocycles. The largest absolute Gasteiger partial charge is 0.445 e. The third kappa shape index (κ3) is 14.2. The molecule has 1 atom stereocenters. The van der Waals surface area contributed by atoms with Gasteiger partial charge in [0.05, 0.1) is 0 Å². The van der Waals surface area contributed by atoms with Gasteiger partial charge in [-0.05, 0) is 44.2 Å². The van der Waals surface area contributed by atoms with Crippen molar-refractivity contribution in [2.24, 2.45) is 0 Å². The SMILES string of the molecule is CCOC(CCNC(=O)[C@H](CCCCNC(=O)OCc1ccccc1)NC(=O)OCc1ccccc1)OCC. The Kier molecular flexibility index (Phi) is 15.7. The van der Waals surface area contributed by atoms with Crippen molar-refractivity contribution in [1.29, 1.82) is 0 Å². The van der Waals surface area contributed by atoms with Gasteiger partial charge in [-0.1, -0.05) is 60.7 Å². The van der Waals surface area contributed by atoms with Crippen molar-refractivity contribution in [2.45, 2.75) is 65.1 Å². The average molecular weight is 544 g/mol. The summed E-state index contributed by atoms with van der Waals surface area (Å²) in [7, 11) is 0. The number of hydrogen-bond donors (Lipinski definition) is 3. The molecule has 0 fully saturated rings. The van der Waals surface area contributed by atoms with Crippen LogP contribution in [0, 0.1) is 0 Å². The minimum absolute atomic E-state index is 0.0976. The standard InChI is InChI=1S/C29H41N3O7/c1-3-36-26(37-4-2)18-20-30-27(33)25(32-29(35)39-22-24-15-9-6-10-16-24)17-11-12-19-31-28(34)38-21-23-13-7-5-8-14-23/h5-10,13-16,25-26H,3-4,11-12,17-22H2,1-2H3,(H,30,33)(H,31,34)(H,32,35)/t25-/m0/s1. The molecule has 0 radical (unpaired) electrons. The third-order valence-corrected chi connectivity index (χ3v) is 5.61. The monoisotopic (exact) mass is 543 g/mol. The van der Waals surface area contributed by atoms with E-state index in [1.54, 1.807) is 0 Å². The first-order valence-corrected chi connectivity index (χ1v) is 13.4. The average Bonchev–Trinajstić information content (AvgIpc) is 2.95. The van der Waals surface area contributed by atoms with Crippen LogP contribution < -0.4 is 16.0 Å². The highest BCUT2D eigenvalue weighted by atomic mass is 16.7. The first-order chi connectivity index (χ1) is 19.0. The summed E-state index contributed by atoms with van der Waals surface area (Å²) >= 11 is 0. The summed E-state index contributed by atoms with van der Waals surface area (Å²) < 4.78 is 21.5. The molecule has 0 aliphatic heterocycles. The summed E-state index contributed by atoms with van der Waals surface area (Å²) in [4.78, 5) is 37.2. The van der Waals surface area contributed by atoms with E-state index in [4.69, 9.17) is 18.9 Å². The zero-order valence-electron chi connectivity index (χ0n) is 22.9. The number of ether oxygens (including phenoxy) is 4. The molecule has 0 aliphatic rings. The second-order valence-electron chi connectivity index (χ2n) is 8.66. The molecule has 0 spiro atoms. The van der Waals surface area contributed by atoms with Gasteiger partial charge >= 0.3 is 12.2 Å². The number of rotatable bonds is 18. The Hall–Kier alpha value is -3.63. The van der Waals surface area contributed by atoms with Crippen molar-refractivity contribution >= 4 is 18.1 Å². The number of amides is 3. The molecule has 10 heteroatoms. The minimum atomic E-state index is -0.795. The third-order valence-electron chi connectivity index (χ3n) is 5.61. The van der Waals surface area contributed by atoms with Crippen molar-refractivity contribution in [2.75, 3.05) is 26.3 Å². The van der Waals surface area contributed by atoms with Crippen LogP contribution in [0.5, 0.6) is 0 Å². The van der Waals surface area contributed by atoms with E-state index in [0.717, 1.165) is 11.1 Å². The van der Waals surface area contributed by atoms with E-state index in [9.17, 15) is 14.4 Å². The molecule has 0 saturated heterocycles. The van der Waals surface area contributed by atoms with Crippen molar-refractivity contribution in [3.63, 3.8) is 0 Å². The molecule has 3 N–H and O–H groups in total. The van der Waals surface area contributed by atoms with Crippen LogP contribution in [0.15, 0.2) is 60.7 Å². The van der Waals surface area contributed by atoms with Gasteiger partial charge in [0, 0.05) is 32.7 Å². The predicted molar refractivity (Wildman–Crippen MR) is 147 cm³/mol. The van der Waals surface area contributed by atoms with Crippen LogP contribution in [0.4, 0.5) is 9.59 Å². The normalized spacial score (nSPS) is 11.5. The first-order valence-electron chi connectivity index (χ1n) is 13.4. The number of alkyl carbamates (subject to hydrolysis) is 2. The van der Waals surface area contributed by atoms with E-state index >= 15 is 0 Å². The fourth-order valence-electron chi connectivity index (χ4n) is 3.64. The molecule has 0 bridgehead atoms. The highest BCUT2D eigenvalue weighted by molar-refractivity contribution is 5.85. The van der Waals surface area contributed by atoms with E-state index in [1.807, 2.05) is 74.5 Å². The van der Waals surface area contributed by atoms with E-state index in [2.05, 4.69) is 16.0 Å². The van der Waals surface area contributed by atoms with E-state index in [1.165, 1.54) is 0 Å². The Morgan fingerprint density at radius 2 is 1.26 bits per heavy atom. The fraction of sp³-hybridized carbons (Fsp3) is 0.483. The van der Waals surface area contributed by atoms with E-state index in [-0.39, 0.29) is 19.1 Å². The summed E-state index contributed by atoms with van der Waals surface area (Å²) in [5.41, 5.74) is 1.75. The van der Waals surface area contributed by atoms with Gasteiger partial charge in [-0.15, -0.1) is 0 Å². The Morgan fingerprint density at radius 3 is 1.82 bits per heavy atom. The van der Waals surface area contributed by atoms with Crippen LogP contribution in [0.3, 0.4) is 0 Å². The van der Waals surface area contributed by atoms with Crippen LogP contribution >= 0.6 is 0 Å². The summed E-state index contributed by atoms with van der Waals surface area (Å²) in [6, 6.07) is 17.9. The van der Waals surface area contributed by atoms with Gasteiger partial charge in [-0.3, -0.25) is 4.79 Å². The Bertz CT molecular complexity index is 954. The van der Waals surface area contributed by atoms with Gasteiger partial charge in [-0.25, -0.2) is 9.59 Å². The molecule has 2 aromatic rings. The van der Waals surface area contributed by atoms with E-state index in [0.29, 0.717) is 52.0 Å². The second kappa shape index (κ2) is 19.4. The van der Waals surface area contributed by atoms with Gasteiger partial charge in [0.15, 0.2) is 6.29 Å². The number of nitrogens with one attached hydrogen (secondary N) is 3. The van der Waals surface area contributed by atoms with Gasteiger partial charge < -0.3 is 34.9 Å². The quantitative estimate of drug-likeness (QED) is 0.189. The maximum absolute atomic E-state index is 12.9. The molecule has 39 heavy (non-hydrogen) atoms.